The van der Waals surface area contributed by atoms with Crippen molar-refractivity contribution in [1.82, 2.24) is 34.9 Å². The van der Waals surface area contributed by atoms with Crippen molar-refractivity contribution in [3.8, 4) is 0 Å². The van der Waals surface area contributed by atoms with E-state index in [0.717, 1.165) is 233 Å². The molecule has 10 aromatic carbocycles. The fourth-order valence-electron chi connectivity index (χ4n) is 21.7. The first-order valence-corrected chi connectivity index (χ1v) is 53.0. The Bertz CT molecular complexity index is 6910. The van der Waals surface area contributed by atoms with Gasteiger partial charge in [0.05, 0.1) is 0 Å². The Balaban J connectivity index is 0.000000115. The molecule has 11 aromatic rings. The number of nitrogens with two attached hydrogens (primary N) is 2. The molecule has 12 aliphatic rings. The lowest BCUT2D eigenvalue weighted by atomic mass is 9.86. The van der Waals surface area contributed by atoms with Crippen LogP contribution in [0.1, 0.15) is 209 Å². The third-order valence-electron chi connectivity index (χ3n) is 28.6. The highest BCUT2D eigenvalue weighted by atomic mass is 32.2. The highest BCUT2D eigenvalue weighted by Gasteiger charge is 2.58. The van der Waals surface area contributed by atoms with Crippen LogP contribution in [0.4, 0.5) is 43.9 Å². The van der Waals surface area contributed by atoms with Gasteiger partial charge in [0.1, 0.15) is 114 Å². The number of carbonyl (C=O) groups excluding carboxylic acids is 5. The lowest BCUT2D eigenvalue weighted by Crippen LogP contribution is -2.45. The van der Waals surface area contributed by atoms with Gasteiger partial charge in [0.25, 0.3) is 11.8 Å². The number of hydrazone groups is 5. The van der Waals surface area contributed by atoms with Gasteiger partial charge in [-0.2, -0.15) is 25.5 Å². The summed E-state index contributed by atoms with van der Waals surface area (Å²) < 4.78 is 142. The van der Waals surface area contributed by atoms with E-state index in [4.69, 9.17) is 11.5 Å². The number of carbonyl (C=O) groups is 5. The number of fused-ring (bicyclic) bond motifs is 10. The summed E-state index contributed by atoms with van der Waals surface area (Å²) in [7, 11) is 3.94. The molecular weight excluding hydrogens is 1980 g/mol. The molecule has 5 aliphatic heterocycles. The molecule has 0 saturated heterocycles. The predicted octanol–water partition coefficient (Wildman–Crippen LogP) is 22.3. The maximum atomic E-state index is 14.6. The summed E-state index contributed by atoms with van der Waals surface area (Å²) in [6.45, 7) is 0.0955. The predicted molar refractivity (Wildman–Crippen MR) is 551 cm³/mol. The summed E-state index contributed by atoms with van der Waals surface area (Å²) in [6, 6.07) is 59.7. The number of hydrogen-bond acceptors (Lipinski definition) is 20. The van der Waals surface area contributed by atoms with Gasteiger partial charge in [0.15, 0.2) is 0 Å². The van der Waals surface area contributed by atoms with Gasteiger partial charge >= 0.3 is 0 Å². The Morgan fingerprint density at radius 1 is 0.356 bits per heavy atom. The zero-order chi connectivity index (χ0) is 102. The first-order chi connectivity index (χ1) is 70.5. The number of pyridine rings is 1. The standard InChI is InChI=1S/2C23H23F2N3OS.C23H17F2N3OS.C23H25F2N3OS.C19H16F2N2O2S/c2*24-16-8-10-20(25)18(13-16)21-27-28(22(29)15-7-9-17(26)12-15)23(30-21)11-3-5-14-4-1-2-6-19(14)23;24-17-7-8-20(25)18(14-17)21-27-28(22(29)16-9-12-26-13-10-16)23(30-21)11-3-5-15-4-1-2-6-19(15)23;1-27(2)14-6-10-21(29)28-23(13-5-8-16-7-3-4-9-19(16)23)30-22(26-28)18-15-17(24)11-12-20(18)25;20-13-7-8-16(21)14(10-13)18-22-23(17(25)11-24)19(26-18)9-3-5-12-4-1-2-6-15(12)19/h2*1-2,4,6,8,10,13,15,17H,3,5,7,9,11-12,26H2;1-2,4,6-10,12-14H,3,5,11H2;3-4,7,9,11-12,15H,5-6,8,10,13-14H2,1-2H3;1-2,4,6-8,10,24H,3,5,9,11H2/t2*15-,17+,23?;;;/m10.../s1. The Labute approximate surface area is 859 Å². The Morgan fingerprint density at radius 2 is 0.623 bits per heavy atom. The maximum Gasteiger partial charge on any atom is 0.275 e. The van der Waals surface area contributed by atoms with Crippen LogP contribution in [0.25, 0.3) is 0 Å². The first kappa shape index (κ1) is 103. The highest BCUT2D eigenvalue weighted by Crippen LogP contribution is 2.61. The van der Waals surface area contributed by atoms with Gasteiger partial charge in [-0.3, -0.25) is 29.0 Å². The Hall–Kier alpha value is -12.1. The Kier molecular flexibility index (Phi) is 30.5. The van der Waals surface area contributed by atoms with Crippen LogP contribution in [-0.4, -0.2) is 134 Å². The van der Waals surface area contributed by atoms with E-state index in [1.807, 2.05) is 122 Å². The second-order valence-electron chi connectivity index (χ2n) is 38.3. The van der Waals surface area contributed by atoms with Crippen molar-refractivity contribution in [3.63, 3.8) is 0 Å². The molecule has 2 fully saturated rings. The number of amides is 5. The van der Waals surface area contributed by atoms with Crippen LogP contribution in [0.3, 0.4) is 0 Å². The van der Waals surface area contributed by atoms with E-state index in [1.54, 1.807) is 39.6 Å². The van der Waals surface area contributed by atoms with Crippen LogP contribution in [-0.2, 0) is 75.6 Å². The molecule has 1 aromatic heterocycles. The van der Waals surface area contributed by atoms with Crippen molar-refractivity contribution in [2.24, 2.45) is 48.8 Å². The molecule has 5 unspecified atom stereocenters. The van der Waals surface area contributed by atoms with E-state index in [9.17, 15) is 73.0 Å². The van der Waals surface area contributed by atoms with E-state index in [1.165, 1.54) is 85.5 Å². The van der Waals surface area contributed by atoms with Gasteiger partial charge in [-0.25, -0.2) is 68.9 Å². The van der Waals surface area contributed by atoms with Gasteiger partial charge in [-0.1, -0.05) is 180 Å². The molecular formula is C111H104F10N14O6S5. The summed E-state index contributed by atoms with van der Waals surface area (Å²) in [5.41, 5.74) is 23.7. The largest absolute Gasteiger partial charge is 0.386 e. The molecule has 0 bridgehead atoms. The molecule has 6 heterocycles. The number of hydrogen-bond donors (Lipinski definition) is 3. The summed E-state index contributed by atoms with van der Waals surface area (Å²) in [5, 5.41) is 41.0. The maximum absolute atomic E-state index is 14.6. The lowest BCUT2D eigenvalue weighted by molar-refractivity contribution is -0.140. The van der Waals surface area contributed by atoms with Crippen LogP contribution in [0.5, 0.6) is 0 Å². The molecule has 5 amide bonds. The lowest BCUT2D eigenvalue weighted by Gasteiger charge is -2.40. The van der Waals surface area contributed by atoms with Crippen LogP contribution >= 0.6 is 58.8 Å². The fraction of sp³-hybridized carbons (Fsp3) is 0.324. The molecule has 7 aliphatic carbocycles. The van der Waals surface area contributed by atoms with Crippen molar-refractivity contribution < 1.29 is 73.0 Å². The van der Waals surface area contributed by atoms with Crippen LogP contribution < -0.4 is 11.5 Å². The van der Waals surface area contributed by atoms with Crippen molar-refractivity contribution in [1.29, 1.82) is 0 Å². The third kappa shape index (κ3) is 20.3. The van der Waals surface area contributed by atoms with E-state index in [0.29, 0.717) is 77.1 Å². The molecule has 20 nitrogen and oxygen atoms in total. The molecule has 146 heavy (non-hydrogen) atoms. The minimum absolute atomic E-state index is 0.0191. The van der Waals surface area contributed by atoms with Crippen molar-refractivity contribution >= 4 is 114 Å². The normalized spacial score (nSPS) is 23.7. The summed E-state index contributed by atoms with van der Waals surface area (Å²) in [5.74, 6) is -6.97. The van der Waals surface area contributed by atoms with E-state index >= 15 is 0 Å². The zero-order valence-electron chi connectivity index (χ0n) is 79.8. The minimum Gasteiger partial charge on any atom is -0.386 e. The summed E-state index contributed by atoms with van der Waals surface area (Å²) in [4.78, 5) is 68.5. The monoisotopic (exact) mass is 2080 g/mol. The van der Waals surface area contributed by atoms with Gasteiger partial charge in [0, 0.05) is 76.1 Å². The van der Waals surface area contributed by atoms with E-state index in [-0.39, 0.29) is 80.4 Å². The molecule has 754 valence electrons. The third-order valence-corrected chi connectivity index (χ3v) is 35.7. The van der Waals surface area contributed by atoms with Crippen LogP contribution in [0.15, 0.2) is 262 Å². The summed E-state index contributed by atoms with van der Waals surface area (Å²) in [6.07, 6.45) is 20.9. The van der Waals surface area contributed by atoms with Crippen molar-refractivity contribution in [2.75, 3.05) is 27.2 Å². The van der Waals surface area contributed by atoms with Gasteiger partial charge in [-0.05, 0) is 321 Å². The SMILES string of the molecule is CN(C)CCCC(=O)N1N=C(c2cc(F)ccc2F)SC12CCCc1ccccc12.N[C@@H]1CC[C@H](C(=O)N2N=C(c3cc(F)ccc3F)SC23CCCc2ccccc23)C1.N[C@H]1CC[C@@H](C(=O)N2N=C(c3cc(F)ccc3F)SC23CCCc2ccccc23)C1.O=C(CO)N1N=C(c2cc(F)ccc2F)SC12CCCc1ccccc12.O=C(c1ccncc1)N1N=C(c2cc(F)ccc2F)SC12CCCc1ccccc12. The van der Waals surface area contributed by atoms with Crippen LogP contribution in [0.2, 0.25) is 0 Å². The molecule has 0 radical (unpaired) electrons. The fourth-order valence-corrected chi connectivity index (χ4v) is 29.1. The molecule has 2 saturated carbocycles. The van der Waals surface area contributed by atoms with Crippen LogP contribution in [0, 0.1) is 70.0 Å². The number of aryl methyl sites for hydroxylation is 5. The second kappa shape index (κ2) is 43.4. The van der Waals surface area contributed by atoms with Gasteiger partial charge < -0.3 is 21.5 Å². The Morgan fingerprint density at radius 3 is 0.904 bits per heavy atom. The minimum atomic E-state index is -0.844. The quantitative estimate of drug-likeness (QED) is 0.0908. The molecule has 5 N–H and O–H groups in total. The van der Waals surface area contributed by atoms with Crippen molar-refractivity contribution in [3.05, 3.63) is 384 Å². The topological polar surface area (TPSA) is 252 Å². The number of aromatic nitrogens is 1. The number of benzene rings is 10. The molecule has 35 heteroatoms. The number of rotatable bonds is 13. The molecule has 5 spiro atoms. The average molecular weight is 2080 g/mol. The number of thioether (sulfide) groups is 5. The number of aliphatic hydroxyl groups is 1. The van der Waals surface area contributed by atoms with Gasteiger partial charge in [-0.15, -0.1) is 0 Å². The number of halogens is 10. The van der Waals surface area contributed by atoms with Crippen molar-refractivity contribution in [2.45, 2.75) is 184 Å². The second-order valence-corrected chi connectivity index (χ2v) is 44.6. The highest BCUT2D eigenvalue weighted by molar-refractivity contribution is 8.16. The first-order valence-electron chi connectivity index (χ1n) is 48.9. The van der Waals surface area contributed by atoms with E-state index in [2.05, 4.69) is 48.7 Å². The zero-order valence-corrected chi connectivity index (χ0v) is 83.9. The molecule has 23 rings (SSSR count). The summed E-state index contributed by atoms with van der Waals surface area (Å²) >= 11 is 6.66. The smallest absolute Gasteiger partial charge is 0.275 e. The molecule has 9 atom stereocenters. The number of aliphatic hydroxyl groups excluding tert-OH is 1. The average Bonchev–Trinajstić information content (AvgIpc) is 1.58. The van der Waals surface area contributed by atoms with Gasteiger partial charge in [0.2, 0.25) is 17.7 Å². The van der Waals surface area contributed by atoms with E-state index < -0.39 is 95.0 Å². The number of nitrogens with zero attached hydrogens (tertiary/aromatic N) is 12.